The highest BCUT2D eigenvalue weighted by molar-refractivity contribution is 5.94. The number of carbonyl (C=O) groups excluding carboxylic acids is 1. The summed E-state index contributed by atoms with van der Waals surface area (Å²) in [5.41, 5.74) is 2.49. The number of urea groups is 1. The van der Waals surface area contributed by atoms with Crippen molar-refractivity contribution < 1.29 is 9.21 Å². The maximum Gasteiger partial charge on any atom is 0.336 e. The minimum Gasteiger partial charge on any atom is -0.423 e. The van der Waals surface area contributed by atoms with E-state index < -0.39 is 0 Å². The predicted octanol–water partition coefficient (Wildman–Crippen LogP) is 3.08. The number of likely N-dealkylation sites (N-methyl/N-ethyl adjacent to an activating group) is 1. The normalized spacial score (nSPS) is 10.9. The number of aromatic nitrogens is 2. The summed E-state index contributed by atoms with van der Waals surface area (Å²) >= 11 is 0. The fourth-order valence-electron chi connectivity index (χ4n) is 2.81. The first kappa shape index (κ1) is 17.7. The summed E-state index contributed by atoms with van der Waals surface area (Å²) in [6.07, 6.45) is 3.64. The summed E-state index contributed by atoms with van der Waals surface area (Å²) in [5.74, 6) is 0.918. The van der Waals surface area contributed by atoms with Crippen LogP contribution >= 0.6 is 0 Å². The van der Waals surface area contributed by atoms with E-state index in [9.17, 15) is 9.59 Å². The number of hydrogen-bond acceptors (Lipinski definition) is 4. The van der Waals surface area contributed by atoms with Crippen LogP contribution in [0.1, 0.15) is 17.0 Å². The highest BCUT2D eigenvalue weighted by Gasteiger charge is 2.13. The Morgan fingerprint density at radius 2 is 2.00 bits per heavy atom. The largest absolute Gasteiger partial charge is 0.423 e. The lowest BCUT2D eigenvalue weighted by Crippen LogP contribution is -2.34. The van der Waals surface area contributed by atoms with Gasteiger partial charge in [-0.15, -0.1) is 0 Å². The maximum absolute atomic E-state index is 12.5. The zero-order valence-electron chi connectivity index (χ0n) is 15.4. The molecule has 7 heteroatoms. The van der Waals surface area contributed by atoms with Gasteiger partial charge in [-0.25, -0.2) is 14.6 Å². The highest BCUT2D eigenvalue weighted by atomic mass is 16.4. The summed E-state index contributed by atoms with van der Waals surface area (Å²) < 4.78 is 7.23. The fourth-order valence-corrected chi connectivity index (χ4v) is 2.81. The lowest BCUT2D eigenvalue weighted by molar-refractivity contribution is 0.220. The molecule has 0 bridgehead atoms. The van der Waals surface area contributed by atoms with E-state index in [1.54, 1.807) is 24.2 Å². The SMILES string of the molecule is Cc1cc2oc(=O)cc(C)c2cc1NC(=O)N(C)CCn1ccnc1C. The molecule has 0 saturated carbocycles. The molecule has 7 nitrogen and oxygen atoms in total. The van der Waals surface area contributed by atoms with Gasteiger partial charge >= 0.3 is 11.7 Å². The van der Waals surface area contributed by atoms with E-state index in [4.69, 9.17) is 4.42 Å². The molecule has 1 N–H and O–H groups in total. The van der Waals surface area contributed by atoms with Gasteiger partial charge in [-0.05, 0) is 44.0 Å². The summed E-state index contributed by atoms with van der Waals surface area (Å²) in [4.78, 5) is 29.8. The highest BCUT2D eigenvalue weighted by Crippen LogP contribution is 2.25. The van der Waals surface area contributed by atoms with Crippen LogP contribution in [0.5, 0.6) is 0 Å². The van der Waals surface area contributed by atoms with E-state index in [1.807, 2.05) is 37.6 Å². The average Bonchev–Trinajstić information content (AvgIpc) is 2.98. The molecule has 3 rings (SSSR count). The van der Waals surface area contributed by atoms with E-state index in [-0.39, 0.29) is 11.7 Å². The molecule has 0 fully saturated rings. The third-order valence-corrected chi connectivity index (χ3v) is 4.48. The lowest BCUT2D eigenvalue weighted by Gasteiger charge is -2.19. The Labute approximate surface area is 151 Å². The van der Waals surface area contributed by atoms with E-state index >= 15 is 0 Å². The topological polar surface area (TPSA) is 80.4 Å². The van der Waals surface area contributed by atoms with Crippen molar-refractivity contribution in [1.29, 1.82) is 0 Å². The van der Waals surface area contributed by atoms with E-state index in [0.29, 0.717) is 24.4 Å². The van der Waals surface area contributed by atoms with Crippen molar-refractivity contribution in [3.8, 4) is 0 Å². The van der Waals surface area contributed by atoms with Crippen LogP contribution in [0.15, 0.2) is 39.8 Å². The molecular weight excluding hydrogens is 332 g/mol. The number of amides is 2. The predicted molar refractivity (Wildman–Crippen MR) is 101 cm³/mol. The second-order valence-electron chi connectivity index (χ2n) is 6.43. The quantitative estimate of drug-likeness (QED) is 0.730. The average molecular weight is 354 g/mol. The van der Waals surface area contributed by atoms with Crippen LogP contribution in [-0.4, -0.2) is 34.1 Å². The van der Waals surface area contributed by atoms with Crippen LogP contribution in [0.4, 0.5) is 10.5 Å². The molecule has 0 atom stereocenters. The first-order valence-corrected chi connectivity index (χ1v) is 8.40. The molecule has 2 aromatic heterocycles. The van der Waals surface area contributed by atoms with Gasteiger partial charge in [-0.1, -0.05) is 0 Å². The molecule has 0 saturated heterocycles. The number of fused-ring (bicyclic) bond motifs is 1. The van der Waals surface area contributed by atoms with Crippen molar-refractivity contribution in [3.05, 3.63) is 58.0 Å². The summed E-state index contributed by atoms with van der Waals surface area (Å²) in [7, 11) is 1.75. The lowest BCUT2D eigenvalue weighted by atomic mass is 10.1. The Morgan fingerprint density at radius 1 is 1.23 bits per heavy atom. The van der Waals surface area contributed by atoms with Gasteiger partial charge in [-0.2, -0.15) is 0 Å². The molecule has 0 aliphatic heterocycles. The van der Waals surface area contributed by atoms with Gasteiger partial charge in [-0.3, -0.25) is 0 Å². The molecule has 0 spiro atoms. The number of aryl methyl sites for hydroxylation is 3. The number of benzene rings is 1. The van der Waals surface area contributed by atoms with Crippen molar-refractivity contribution in [3.63, 3.8) is 0 Å². The molecule has 136 valence electrons. The third-order valence-electron chi connectivity index (χ3n) is 4.48. The van der Waals surface area contributed by atoms with Gasteiger partial charge < -0.3 is 19.2 Å². The summed E-state index contributed by atoms with van der Waals surface area (Å²) in [6, 6.07) is 4.87. The molecule has 0 unspecified atom stereocenters. The standard InChI is InChI=1S/C19H22N4O3/c1-12-10-18(24)26-17-9-13(2)16(11-15(12)17)21-19(25)22(4)7-8-23-6-5-20-14(23)3/h5-6,9-11H,7-8H2,1-4H3,(H,21,25). The number of rotatable bonds is 4. The molecule has 2 heterocycles. The van der Waals surface area contributed by atoms with Crippen molar-refractivity contribution in [2.24, 2.45) is 0 Å². The van der Waals surface area contributed by atoms with Crippen molar-refractivity contribution in [2.45, 2.75) is 27.3 Å². The Bertz CT molecular complexity index is 1020. The monoisotopic (exact) mass is 354 g/mol. The molecule has 0 radical (unpaired) electrons. The van der Waals surface area contributed by atoms with Gasteiger partial charge in [0.25, 0.3) is 0 Å². The third kappa shape index (κ3) is 3.61. The minimum absolute atomic E-state index is 0.194. The summed E-state index contributed by atoms with van der Waals surface area (Å²) in [6.45, 7) is 6.88. The van der Waals surface area contributed by atoms with Crippen LogP contribution in [0.25, 0.3) is 11.0 Å². The molecule has 0 aliphatic rings. The minimum atomic E-state index is -0.374. The number of nitrogens with one attached hydrogen (secondary N) is 1. The number of anilines is 1. The van der Waals surface area contributed by atoms with Crippen LogP contribution < -0.4 is 10.9 Å². The van der Waals surface area contributed by atoms with Crippen LogP contribution in [-0.2, 0) is 6.54 Å². The summed E-state index contributed by atoms with van der Waals surface area (Å²) in [5, 5.41) is 3.74. The Morgan fingerprint density at radius 3 is 2.69 bits per heavy atom. The number of nitrogens with zero attached hydrogens (tertiary/aromatic N) is 3. The Kier molecular flexibility index (Phi) is 4.79. The number of imidazole rings is 1. The Hall–Kier alpha value is -3.09. The van der Waals surface area contributed by atoms with Crippen LogP contribution in [0.2, 0.25) is 0 Å². The van der Waals surface area contributed by atoms with Crippen molar-refractivity contribution >= 4 is 22.7 Å². The fraction of sp³-hybridized carbons (Fsp3) is 0.316. The molecule has 1 aromatic carbocycles. The van der Waals surface area contributed by atoms with Crippen LogP contribution in [0.3, 0.4) is 0 Å². The second-order valence-corrected chi connectivity index (χ2v) is 6.43. The second kappa shape index (κ2) is 7.03. The van der Waals surface area contributed by atoms with Gasteiger partial charge in [0, 0.05) is 49.7 Å². The van der Waals surface area contributed by atoms with E-state index in [2.05, 4.69) is 10.3 Å². The van der Waals surface area contributed by atoms with Gasteiger partial charge in [0.15, 0.2) is 0 Å². The smallest absolute Gasteiger partial charge is 0.336 e. The van der Waals surface area contributed by atoms with Gasteiger partial charge in [0.2, 0.25) is 0 Å². The molecule has 26 heavy (non-hydrogen) atoms. The van der Waals surface area contributed by atoms with Gasteiger partial charge in [0.05, 0.1) is 0 Å². The zero-order chi connectivity index (χ0) is 18.8. The molecule has 0 aliphatic carbocycles. The van der Waals surface area contributed by atoms with E-state index in [1.165, 1.54) is 6.07 Å². The van der Waals surface area contributed by atoms with Crippen LogP contribution in [0, 0.1) is 20.8 Å². The van der Waals surface area contributed by atoms with Crippen molar-refractivity contribution in [2.75, 3.05) is 18.9 Å². The molecule has 2 amide bonds. The molecule has 3 aromatic rings. The zero-order valence-corrected chi connectivity index (χ0v) is 15.4. The van der Waals surface area contributed by atoms with Crippen molar-refractivity contribution in [1.82, 2.24) is 14.5 Å². The number of hydrogen-bond donors (Lipinski definition) is 1. The number of carbonyl (C=O) groups is 1. The first-order chi connectivity index (χ1) is 12.3. The van der Waals surface area contributed by atoms with Gasteiger partial charge in [0.1, 0.15) is 11.4 Å². The Balaban J connectivity index is 1.75. The maximum atomic E-state index is 12.5. The van der Waals surface area contributed by atoms with E-state index in [0.717, 1.165) is 22.3 Å². The molecular formula is C19H22N4O3. The first-order valence-electron chi connectivity index (χ1n) is 8.40.